The number of benzene rings is 2. The number of nitrogens with two attached hydrogens (primary N) is 1. The van der Waals surface area contributed by atoms with Gasteiger partial charge in [0.1, 0.15) is 11.6 Å². The molecular formula is C39H56F2N8O5. The van der Waals surface area contributed by atoms with Crippen LogP contribution in [0, 0.1) is 11.6 Å². The van der Waals surface area contributed by atoms with Crippen molar-refractivity contribution in [2.24, 2.45) is 0 Å². The Hall–Kier alpha value is -4.37. The fourth-order valence-electron chi connectivity index (χ4n) is 8.73. The Morgan fingerprint density at radius 2 is 1.33 bits per heavy atom. The Morgan fingerprint density at radius 3 is 1.87 bits per heavy atom. The van der Waals surface area contributed by atoms with Gasteiger partial charge in [-0.15, -0.1) is 0 Å². The number of H-pyrrole nitrogens is 1. The van der Waals surface area contributed by atoms with E-state index in [0.29, 0.717) is 43.5 Å². The van der Waals surface area contributed by atoms with Crippen molar-refractivity contribution in [2.75, 3.05) is 76.6 Å². The number of fused-ring (bicyclic) bond motifs is 1. The van der Waals surface area contributed by atoms with Gasteiger partial charge in [0.25, 0.3) is 0 Å². The molecule has 15 heteroatoms. The SMILES string of the molecule is CCOC(=O)N1CCC(C)(N2CCC(Nc3ccc(F)cc3N)CC2)C1.CCOC(=O)N1CCC(C)(N2CCC(n3c(=O)[nH]c4cc(F)ccc43)CC2)C1. The number of hydrogen-bond acceptors (Lipinski definition) is 9. The molecule has 4 aliphatic heterocycles. The smallest absolute Gasteiger partial charge is 0.409 e. The van der Waals surface area contributed by atoms with Gasteiger partial charge in [0.2, 0.25) is 0 Å². The summed E-state index contributed by atoms with van der Waals surface area (Å²) in [5, 5.41) is 3.44. The first kappa shape index (κ1) is 39.3. The van der Waals surface area contributed by atoms with Crippen LogP contribution in [0.15, 0.2) is 41.2 Å². The van der Waals surface area contributed by atoms with Gasteiger partial charge in [0, 0.05) is 75.5 Å². The van der Waals surface area contributed by atoms with Crippen LogP contribution in [-0.2, 0) is 9.47 Å². The molecule has 4 N–H and O–H groups in total. The largest absolute Gasteiger partial charge is 0.450 e. The average Bonchev–Trinajstić information content (AvgIpc) is 3.85. The number of amides is 2. The number of nitrogen functional groups attached to an aromatic ring is 1. The van der Waals surface area contributed by atoms with E-state index in [4.69, 9.17) is 15.2 Å². The Labute approximate surface area is 315 Å². The summed E-state index contributed by atoms with van der Waals surface area (Å²) in [5.74, 6) is -0.667. The molecule has 13 nitrogen and oxygen atoms in total. The third kappa shape index (κ3) is 8.62. The van der Waals surface area contributed by atoms with Gasteiger partial charge >= 0.3 is 17.9 Å². The van der Waals surface area contributed by atoms with Crippen LogP contribution in [0.4, 0.5) is 29.7 Å². The van der Waals surface area contributed by atoms with Crippen LogP contribution in [0.25, 0.3) is 11.0 Å². The van der Waals surface area contributed by atoms with Crippen LogP contribution >= 0.6 is 0 Å². The normalized spacial score (nSPS) is 24.4. The van der Waals surface area contributed by atoms with E-state index in [1.165, 1.54) is 24.3 Å². The molecule has 0 radical (unpaired) electrons. The fraction of sp³-hybridized carbons (Fsp3) is 0.615. The molecule has 4 aliphatic rings. The van der Waals surface area contributed by atoms with Gasteiger partial charge in [-0.25, -0.2) is 23.2 Å². The molecule has 296 valence electrons. The predicted octanol–water partition coefficient (Wildman–Crippen LogP) is 5.63. The quantitative estimate of drug-likeness (QED) is 0.262. The molecule has 3 aromatic rings. The van der Waals surface area contributed by atoms with E-state index in [1.54, 1.807) is 21.6 Å². The second kappa shape index (κ2) is 16.6. The first-order valence-corrected chi connectivity index (χ1v) is 19.4. The third-order valence-electron chi connectivity index (χ3n) is 11.9. The van der Waals surface area contributed by atoms with Crippen molar-refractivity contribution in [1.82, 2.24) is 29.2 Å². The number of nitrogens with zero attached hydrogens (tertiary/aromatic N) is 5. The number of carbonyl (C=O) groups is 2. The van der Waals surface area contributed by atoms with E-state index >= 15 is 0 Å². The maximum Gasteiger partial charge on any atom is 0.409 e. The number of aromatic nitrogens is 2. The number of anilines is 2. The number of piperidine rings is 2. The Morgan fingerprint density at radius 1 is 0.815 bits per heavy atom. The maximum atomic E-state index is 13.4. The van der Waals surface area contributed by atoms with Gasteiger partial charge < -0.3 is 35.3 Å². The molecular weight excluding hydrogens is 698 g/mol. The topological polar surface area (TPSA) is 141 Å². The molecule has 0 bridgehead atoms. The lowest BCUT2D eigenvalue weighted by Gasteiger charge is -2.43. The molecule has 54 heavy (non-hydrogen) atoms. The zero-order valence-electron chi connectivity index (χ0n) is 32.0. The average molecular weight is 755 g/mol. The molecule has 4 saturated heterocycles. The van der Waals surface area contributed by atoms with Gasteiger partial charge in [-0.05, 0) is 103 Å². The number of halogens is 2. The summed E-state index contributed by atoms with van der Waals surface area (Å²) in [5.41, 5.74) is 8.19. The molecule has 4 fully saturated rings. The number of aromatic amines is 1. The summed E-state index contributed by atoms with van der Waals surface area (Å²) in [4.78, 5) is 47.7. The molecule has 2 amide bonds. The molecule has 0 spiro atoms. The van der Waals surface area contributed by atoms with Crippen molar-refractivity contribution < 1.29 is 27.8 Å². The first-order valence-electron chi connectivity index (χ1n) is 19.4. The molecule has 5 heterocycles. The van der Waals surface area contributed by atoms with Crippen LogP contribution in [-0.4, -0.2) is 124 Å². The highest BCUT2D eigenvalue weighted by atomic mass is 19.1. The Balaban J connectivity index is 0.000000185. The molecule has 0 saturated carbocycles. The molecule has 2 unspecified atom stereocenters. The molecule has 0 aliphatic carbocycles. The minimum Gasteiger partial charge on any atom is -0.450 e. The van der Waals surface area contributed by atoms with E-state index in [-0.39, 0.29) is 46.6 Å². The van der Waals surface area contributed by atoms with E-state index in [2.05, 4.69) is 33.9 Å². The number of ether oxygens (including phenoxy) is 2. The van der Waals surface area contributed by atoms with Gasteiger partial charge in [-0.3, -0.25) is 14.4 Å². The van der Waals surface area contributed by atoms with Crippen LogP contribution in [0.2, 0.25) is 0 Å². The molecule has 7 rings (SSSR count). The Bertz CT molecular complexity index is 1840. The second-order valence-electron chi connectivity index (χ2n) is 15.6. The second-order valence-corrected chi connectivity index (χ2v) is 15.6. The van der Waals surface area contributed by atoms with Crippen molar-refractivity contribution in [3.05, 3.63) is 58.5 Å². The van der Waals surface area contributed by atoms with Crippen molar-refractivity contribution in [1.29, 1.82) is 0 Å². The molecule has 2 atom stereocenters. The highest BCUT2D eigenvalue weighted by molar-refractivity contribution is 5.75. The fourth-order valence-corrected chi connectivity index (χ4v) is 8.73. The van der Waals surface area contributed by atoms with Crippen molar-refractivity contribution in [3.8, 4) is 0 Å². The lowest BCUT2D eigenvalue weighted by molar-refractivity contribution is 0.0640. The van der Waals surface area contributed by atoms with Crippen LogP contribution < -0.4 is 16.7 Å². The van der Waals surface area contributed by atoms with Crippen molar-refractivity contribution in [2.45, 2.75) is 89.4 Å². The van der Waals surface area contributed by atoms with Crippen LogP contribution in [0.1, 0.15) is 72.3 Å². The van der Waals surface area contributed by atoms with Gasteiger partial charge in [-0.1, -0.05) is 0 Å². The van der Waals surface area contributed by atoms with Gasteiger partial charge in [0.05, 0.1) is 35.6 Å². The summed E-state index contributed by atoms with van der Waals surface area (Å²) >= 11 is 0. The summed E-state index contributed by atoms with van der Waals surface area (Å²) in [6.45, 7) is 15.4. The summed E-state index contributed by atoms with van der Waals surface area (Å²) in [6, 6.07) is 9.32. The molecule has 2 aromatic carbocycles. The number of carbonyl (C=O) groups excluding carboxylic acids is 2. The number of imidazole rings is 1. The van der Waals surface area contributed by atoms with Crippen LogP contribution in [0.3, 0.4) is 0 Å². The van der Waals surface area contributed by atoms with Crippen molar-refractivity contribution in [3.63, 3.8) is 0 Å². The molecule has 1 aromatic heterocycles. The standard InChI is InChI=1S/C20H27FN4O3.C19H29FN4O2/c1-3-28-19(27)23-11-8-20(2,13-23)24-9-6-15(7-10-24)25-17-5-4-14(21)12-16(17)22-18(25)26;1-3-26-18(25)23-11-8-19(2,13-23)24-9-6-15(7-10-24)22-17-5-4-14(20)12-16(17)21/h4-5,12,15H,3,6-11,13H2,1-2H3,(H,22,26);4-5,12,15,22H,3,6-11,13,21H2,1-2H3. The lowest BCUT2D eigenvalue weighted by atomic mass is 9.94. The zero-order valence-corrected chi connectivity index (χ0v) is 32.0. The number of likely N-dealkylation sites (tertiary alicyclic amines) is 4. The number of hydrogen-bond donors (Lipinski definition) is 3. The number of rotatable bonds is 7. The highest BCUT2D eigenvalue weighted by Gasteiger charge is 2.44. The van der Waals surface area contributed by atoms with E-state index < -0.39 is 0 Å². The third-order valence-corrected chi connectivity index (χ3v) is 11.9. The highest BCUT2D eigenvalue weighted by Crippen LogP contribution is 2.35. The minimum absolute atomic E-state index is 0.00658. The van der Waals surface area contributed by atoms with E-state index in [9.17, 15) is 23.2 Å². The zero-order chi connectivity index (χ0) is 38.6. The maximum absolute atomic E-state index is 13.4. The first-order chi connectivity index (χ1) is 25.8. The van der Waals surface area contributed by atoms with E-state index in [1.807, 2.05) is 18.7 Å². The summed E-state index contributed by atoms with van der Waals surface area (Å²) in [7, 11) is 0. The van der Waals surface area contributed by atoms with Gasteiger partial charge in [-0.2, -0.15) is 0 Å². The predicted molar refractivity (Wildman–Crippen MR) is 205 cm³/mol. The monoisotopic (exact) mass is 754 g/mol. The minimum atomic E-state index is -0.351. The van der Waals surface area contributed by atoms with Crippen molar-refractivity contribution >= 4 is 34.6 Å². The Kier molecular flexibility index (Phi) is 12.1. The summed E-state index contributed by atoms with van der Waals surface area (Å²) in [6.07, 6.45) is 5.12. The summed E-state index contributed by atoms with van der Waals surface area (Å²) < 4.78 is 38.7. The lowest BCUT2D eigenvalue weighted by Crippen LogP contribution is -2.53. The van der Waals surface area contributed by atoms with Crippen LogP contribution in [0.5, 0.6) is 0 Å². The van der Waals surface area contributed by atoms with Gasteiger partial charge in [0.15, 0.2) is 0 Å². The number of nitrogens with one attached hydrogen (secondary N) is 2. The van der Waals surface area contributed by atoms with E-state index in [0.717, 1.165) is 89.0 Å².